The summed E-state index contributed by atoms with van der Waals surface area (Å²) in [6.07, 6.45) is 4.30. The van der Waals surface area contributed by atoms with E-state index in [0.717, 1.165) is 0 Å². The lowest BCUT2D eigenvalue weighted by Gasteiger charge is -2.11. The first kappa shape index (κ1) is 15.1. The number of methoxy groups -OCH3 is 1. The number of carbonyl (C=O) groups is 2. The van der Waals surface area contributed by atoms with Crippen LogP contribution in [0.5, 0.6) is 5.75 Å². The highest BCUT2D eigenvalue weighted by molar-refractivity contribution is 5.94. The fraction of sp³-hybridized carbons (Fsp3) is 0.333. The predicted molar refractivity (Wildman–Crippen MR) is 77.8 cm³/mol. The van der Waals surface area contributed by atoms with E-state index in [4.69, 9.17) is 10.5 Å². The van der Waals surface area contributed by atoms with Crippen LogP contribution in [0.2, 0.25) is 0 Å². The summed E-state index contributed by atoms with van der Waals surface area (Å²) in [4.78, 5) is 22.9. The molecule has 0 heterocycles. The number of amides is 1. The highest BCUT2D eigenvalue weighted by Gasteiger charge is 2.22. The molecule has 0 radical (unpaired) electrons. The maximum absolute atomic E-state index is 12.0. The monoisotopic (exact) mass is 290 g/mol. The molecule has 0 fully saturated rings. The van der Waals surface area contributed by atoms with Gasteiger partial charge in [-0.2, -0.15) is 0 Å². The van der Waals surface area contributed by atoms with Gasteiger partial charge in [-0.3, -0.25) is 4.79 Å². The van der Waals surface area contributed by atoms with Crippen molar-refractivity contribution in [3.63, 3.8) is 0 Å². The highest BCUT2D eigenvalue weighted by Crippen LogP contribution is 2.20. The van der Waals surface area contributed by atoms with Crippen molar-refractivity contribution < 1.29 is 19.1 Å². The lowest BCUT2D eigenvalue weighted by Crippen LogP contribution is -2.23. The second kappa shape index (κ2) is 6.90. The van der Waals surface area contributed by atoms with Crippen molar-refractivity contribution in [2.75, 3.05) is 19.0 Å². The van der Waals surface area contributed by atoms with Crippen LogP contribution in [0.3, 0.4) is 0 Å². The molecule has 0 aliphatic heterocycles. The zero-order valence-electron chi connectivity index (χ0n) is 11.7. The molecule has 1 aromatic rings. The van der Waals surface area contributed by atoms with Gasteiger partial charge in [0.05, 0.1) is 13.0 Å². The molecule has 0 saturated carbocycles. The summed E-state index contributed by atoms with van der Waals surface area (Å²) >= 11 is 0. The van der Waals surface area contributed by atoms with E-state index in [0.29, 0.717) is 17.9 Å². The molecule has 3 N–H and O–H groups in total. The van der Waals surface area contributed by atoms with Crippen molar-refractivity contribution in [1.29, 1.82) is 0 Å². The molecule has 1 aliphatic carbocycles. The molecular formula is C15H18N2O4. The van der Waals surface area contributed by atoms with Gasteiger partial charge in [-0.05, 0) is 30.7 Å². The Bertz CT molecular complexity index is 539. The number of anilines is 1. The van der Waals surface area contributed by atoms with E-state index in [2.05, 4.69) is 10.1 Å². The minimum absolute atomic E-state index is 0.0464. The fourth-order valence-electron chi connectivity index (χ4n) is 1.99. The molecule has 0 spiro atoms. The Hall–Kier alpha value is -2.34. The first-order chi connectivity index (χ1) is 10.1. The van der Waals surface area contributed by atoms with Crippen molar-refractivity contribution >= 4 is 17.6 Å². The van der Waals surface area contributed by atoms with Crippen LogP contribution in [0.4, 0.5) is 5.69 Å². The first-order valence-corrected chi connectivity index (χ1v) is 6.63. The summed E-state index contributed by atoms with van der Waals surface area (Å²) in [6, 6.07) is 6.73. The highest BCUT2D eigenvalue weighted by atomic mass is 16.6. The number of hydrogen-bond donors (Lipinski definition) is 2. The molecule has 0 aromatic heterocycles. The van der Waals surface area contributed by atoms with E-state index < -0.39 is 5.97 Å². The van der Waals surface area contributed by atoms with E-state index in [1.807, 2.05) is 12.2 Å². The summed E-state index contributed by atoms with van der Waals surface area (Å²) in [5.41, 5.74) is 6.39. The number of hydrogen-bond acceptors (Lipinski definition) is 5. The third kappa shape index (κ3) is 4.32. The number of ether oxygens (including phenoxy) is 2. The molecule has 2 unspecified atom stereocenters. The van der Waals surface area contributed by atoms with Crippen LogP contribution >= 0.6 is 0 Å². The van der Waals surface area contributed by atoms with Gasteiger partial charge in [-0.1, -0.05) is 12.2 Å². The average Bonchev–Trinajstić information content (AvgIpc) is 2.93. The topological polar surface area (TPSA) is 90.6 Å². The number of rotatable bonds is 5. The second-order valence-electron chi connectivity index (χ2n) is 4.77. The number of carbonyl (C=O) groups excluding carboxylic acids is 2. The lowest BCUT2D eigenvalue weighted by molar-refractivity contribution is -0.142. The maximum Gasteiger partial charge on any atom is 0.343 e. The largest absolute Gasteiger partial charge is 0.482 e. The molecule has 0 saturated heterocycles. The van der Waals surface area contributed by atoms with Gasteiger partial charge in [0.2, 0.25) is 5.91 Å². The molecule has 21 heavy (non-hydrogen) atoms. The molecule has 112 valence electrons. The van der Waals surface area contributed by atoms with Gasteiger partial charge in [0.1, 0.15) is 5.75 Å². The lowest BCUT2D eigenvalue weighted by atomic mass is 10.1. The van der Waals surface area contributed by atoms with Gasteiger partial charge in [-0.25, -0.2) is 4.79 Å². The molecule has 6 nitrogen and oxygen atoms in total. The van der Waals surface area contributed by atoms with Crippen LogP contribution in [0, 0.1) is 5.92 Å². The van der Waals surface area contributed by atoms with Crippen LogP contribution in [0.25, 0.3) is 0 Å². The van der Waals surface area contributed by atoms with Crippen LogP contribution < -0.4 is 15.8 Å². The van der Waals surface area contributed by atoms with Crippen molar-refractivity contribution in [1.82, 2.24) is 0 Å². The van der Waals surface area contributed by atoms with Gasteiger partial charge < -0.3 is 20.5 Å². The number of nitrogens with two attached hydrogens (primary N) is 1. The van der Waals surface area contributed by atoms with Gasteiger partial charge in [0, 0.05) is 11.7 Å². The van der Waals surface area contributed by atoms with E-state index in [9.17, 15) is 9.59 Å². The van der Waals surface area contributed by atoms with Crippen LogP contribution in [-0.4, -0.2) is 31.6 Å². The quantitative estimate of drug-likeness (QED) is 0.625. The van der Waals surface area contributed by atoms with Crippen molar-refractivity contribution in [3.8, 4) is 5.75 Å². The van der Waals surface area contributed by atoms with Gasteiger partial charge in [0.25, 0.3) is 0 Å². The zero-order chi connectivity index (χ0) is 15.2. The molecule has 2 atom stereocenters. The predicted octanol–water partition coefficient (Wildman–Crippen LogP) is 1.08. The average molecular weight is 290 g/mol. The minimum Gasteiger partial charge on any atom is -0.482 e. The normalized spacial score (nSPS) is 20.1. The molecule has 6 heteroatoms. The van der Waals surface area contributed by atoms with E-state index in [1.54, 1.807) is 24.3 Å². The Kier molecular flexibility index (Phi) is 4.94. The summed E-state index contributed by atoms with van der Waals surface area (Å²) in [6.45, 7) is -0.146. The molecule has 1 aliphatic rings. The molecular weight excluding hydrogens is 272 g/mol. The first-order valence-electron chi connectivity index (χ1n) is 6.63. The molecule has 2 rings (SSSR count). The minimum atomic E-state index is -0.447. The molecule has 1 aromatic carbocycles. The number of esters is 1. The summed E-state index contributed by atoms with van der Waals surface area (Å²) in [5, 5.41) is 2.81. The van der Waals surface area contributed by atoms with E-state index >= 15 is 0 Å². The van der Waals surface area contributed by atoms with Crippen molar-refractivity contribution in [3.05, 3.63) is 36.4 Å². The second-order valence-corrected chi connectivity index (χ2v) is 4.77. The Morgan fingerprint density at radius 3 is 2.57 bits per heavy atom. The molecule has 1 amide bonds. The summed E-state index contributed by atoms with van der Waals surface area (Å²) in [7, 11) is 1.30. The smallest absolute Gasteiger partial charge is 0.343 e. The summed E-state index contributed by atoms with van der Waals surface area (Å²) in [5.74, 6) is -0.185. The third-order valence-electron chi connectivity index (χ3n) is 3.16. The third-order valence-corrected chi connectivity index (χ3v) is 3.16. The molecule has 0 bridgehead atoms. The summed E-state index contributed by atoms with van der Waals surface area (Å²) < 4.78 is 9.69. The standard InChI is InChI=1S/C15H18N2O4/c1-20-14(18)9-21-13-6-4-12(5-7-13)17-15(19)10-2-3-11(16)8-10/h2-7,10-11H,8-9,16H2,1H3,(H,17,19). The van der Waals surface area contributed by atoms with E-state index in [1.165, 1.54) is 7.11 Å². The maximum atomic E-state index is 12.0. The Morgan fingerprint density at radius 1 is 1.29 bits per heavy atom. The fourth-order valence-corrected chi connectivity index (χ4v) is 1.99. The van der Waals surface area contributed by atoms with Gasteiger partial charge in [0.15, 0.2) is 6.61 Å². The van der Waals surface area contributed by atoms with Gasteiger partial charge >= 0.3 is 5.97 Å². The SMILES string of the molecule is COC(=O)COc1ccc(NC(=O)C2C=CC(N)C2)cc1. The Morgan fingerprint density at radius 2 is 2.00 bits per heavy atom. The van der Waals surface area contributed by atoms with Crippen LogP contribution in [0.1, 0.15) is 6.42 Å². The number of benzene rings is 1. The van der Waals surface area contributed by atoms with Gasteiger partial charge in [-0.15, -0.1) is 0 Å². The van der Waals surface area contributed by atoms with Crippen molar-refractivity contribution in [2.24, 2.45) is 11.7 Å². The number of nitrogens with one attached hydrogen (secondary N) is 1. The van der Waals surface area contributed by atoms with Crippen LogP contribution in [0.15, 0.2) is 36.4 Å². The Balaban J connectivity index is 1.86. The zero-order valence-corrected chi connectivity index (χ0v) is 11.7. The van der Waals surface area contributed by atoms with Crippen LogP contribution in [-0.2, 0) is 14.3 Å². The van der Waals surface area contributed by atoms with E-state index in [-0.39, 0.29) is 24.5 Å². The van der Waals surface area contributed by atoms with Crippen molar-refractivity contribution in [2.45, 2.75) is 12.5 Å². The Labute approximate surface area is 122 Å².